The van der Waals surface area contributed by atoms with Crippen molar-refractivity contribution in [3.63, 3.8) is 0 Å². The monoisotopic (exact) mass is 436 g/mol. The van der Waals surface area contributed by atoms with E-state index in [1.807, 2.05) is 19.9 Å². The minimum absolute atomic E-state index is 0.0214. The molecule has 29 heavy (non-hydrogen) atoms. The van der Waals surface area contributed by atoms with Gasteiger partial charge in [0.1, 0.15) is 9.77 Å². The number of carbonyl (C=O) groups is 1. The molecule has 0 aliphatic rings. The van der Waals surface area contributed by atoms with Gasteiger partial charge in [-0.2, -0.15) is 0 Å². The van der Waals surface area contributed by atoms with Crippen LogP contribution in [0, 0.1) is 25.5 Å². The fraction of sp³-hybridized carbons (Fsp3) is 0.150. The highest BCUT2D eigenvalue weighted by Crippen LogP contribution is 2.29. The summed E-state index contributed by atoms with van der Waals surface area (Å²) in [6, 6.07) is 9.51. The lowest BCUT2D eigenvalue weighted by Gasteiger charge is -2.20. The molecule has 9 heteroatoms. The average Bonchev–Trinajstić information content (AvgIpc) is 3.17. The smallest absolute Gasteiger partial charge is 0.267 e. The minimum atomic E-state index is -4.01. The summed E-state index contributed by atoms with van der Waals surface area (Å²) in [6.07, 6.45) is 0. The molecule has 0 unspecified atom stereocenters. The lowest BCUT2D eigenvalue weighted by atomic mass is 10.1. The van der Waals surface area contributed by atoms with Gasteiger partial charge in [0.25, 0.3) is 15.9 Å². The molecule has 3 rings (SSSR count). The molecule has 152 valence electrons. The maximum Gasteiger partial charge on any atom is 0.267 e. The summed E-state index contributed by atoms with van der Waals surface area (Å²) < 4.78 is 53.8. The van der Waals surface area contributed by atoms with Crippen molar-refractivity contribution in [2.45, 2.75) is 18.7 Å². The van der Waals surface area contributed by atoms with Gasteiger partial charge >= 0.3 is 0 Å². The number of sulfonamides is 1. The van der Waals surface area contributed by atoms with E-state index in [1.165, 1.54) is 24.6 Å². The Morgan fingerprint density at radius 2 is 1.72 bits per heavy atom. The minimum Gasteiger partial charge on any atom is -0.321 e. The van der Waals surface area contributed by atoms with Crippen LogP contribution < -0.4 is 9.62 Å². The molecule has 1 aromatic heterocycles. The summed E-state index contributed by atoms with van der Waals surface area (Å²) in [5.74, 6) is -2.88. The van der Waals surface area contributed by atoms with E-state index in [2.05, 4.69) is 5.32 Å². The molecule has 0 saturated heterocycles. The average molecular weight is 437 g/mol. The Morgan fingerprint density at radius 3 is 2.38 bits per heavy atom. The highest BCUT2D eigenvalue weighted by atomic mass is 32.2. The number of hydrogen-bond acceptors (Lipinski definition) is 4. The van der Waals surface area contributed by atoms with E-state index in [4.69, 9.17) is 0 Å². The quantitative estimate of drug-likeness (QED) is 0.629. The Hall–Kier alpha value is -2.78. The molecule has 2 aromatic carbocycles. The number of thiophene rings is 1. The van der Waals surface area contributed by atoms with Crippen molar-refractivity contribution in [2.75, 3.05) is 16.7 Å². The predicted molar refractivity (Wildman–Crippen MR) is 110 cm³/mol. The fourth-order valence-corrected chi connectivity index (χ4v) is 5.12. The molecule has 3 aromatic rings. The summed E-state index contributed by atoms with van der Waals surface area (Å²) in [5, 5.41) is 3.89. The van der Waals surface area contributed by atoms with Crippen molar-refractivity contribution < 1.29 is 22.0 Å². The normalized spacial score (nSPS) is 11.3. The largest absolute Gasteiger partial charge is 0.321 e. The molecular weight excluding hydrogens is 418 g/mol. The van der Waals surface area contributed by atoms with Crippen molar-refractivity contribution in [3.8, 4) is 0 Å². The van der Waals surface area contributed by atoms with Gasteiger partial charge in [-0.3, -0.25) is 9.10 Å². The van der Waals surface area contributed by atoms with Crippen LogP contribution in [0.25, 0.3) is 0 Å². The number of halogens is 2. The lowest BCUT2D eigenvalue weighted by molar-refractivity contribution is 0.102. The first-order valence-corrected chi connectivity index (χ1v) is 10.8. The number of nitrogens with zero attached hydrogens (tertiary/aromatic N) is 1. The van der Waals surface area contributed by atoms with Gasteiger partial charge in [-0.15, -0.1) is 11.3 Å². The van der Waals surface area contributed by atoms with Crippen LogP contribution in [0.15, 0.2) is 52.7 Å². The Kier molecular flexibility index (Phi) is 5.72. The SMILES string of the molecule is Cc1ccc(N(C)S(=O)(=O)c2ccsc2C(=O)Nc2ccc(F)c(F)c2)cc1C. The van der Waals surface area contributed by atoms with Gasteiger partial charge in [0.2, 0.25) is 0 Å². The lowest BCUT2D eigenvalue weighted by Crippen LogP contribution is -2.28. The number of anilines is 2. The predicted octanol–water partition coefficient (Wildman–Crippen LogP) is 4.72. The van der Waals surface area contributed by atoms with Crippen molar-refractivity contribution in [3.05, 3.63) is 75.5 Å². The molecule has 0 spiro atoms. The second-order valence-electron chi connectivity index (χ2n) is 6.44. The maximum atomic E-state index is 13.4. The second kappa shape index (κ2) is 7.92. The number of benzene rings is 2. The van der Waals surface area contributed by atoms with Gasteiger partial charge in [0.05, 0.1) is 5.69 Å². The van der Waals surface area contributed by atoms with Crippen molar-refractivity contribution in [2.24, 2.45) is 0 Å². The van der Waals surface area contributed by atoms with Gasteiger partial charge in [0.15, 0.2) is 11.6 Å². The van der Waals surface area contributed by atoms with Crippen LogP contribution in [0.5, 0.6) is 0 Å². The number of amides is 1. The van der Waals surface area contributed by atoms with E-state index in [0.29, 0.717) is 5.69 Å². The molecular formula is C20H18F2N2O3S2. The number of aryl methyl sites for hydroxylation is 2. The summed E-state index contributed by atoms with van der Waals surface area (Å²) in [7, 11) is -2.60. The van der Waals surface area contributed by atoms with E-state index < -0.39 is 27.6 Å². The van der Waals surface area contributed by atoms with Crippen LogP contribution in [-0.4, -0.2) is 21.4 Å². The van der Waals surface area contributed by atoms with Gasteiger partial charge in [-0.1, -0.05) is 6.07 Å². The molecule has 0 saturated carbocycles. The third-order valence-electron chi connectivity index (χ3n) is 4.51. The van der Waals surface area contributed by atoms with Crippen LogP contribution in [0.2, 0.25) is 0 Å². The van der Waals surface area contributed by atoms with Gasteiger partial charge < -0.3 is 5.32 Å². The zero-order valence-electron chi connectivity index (χ0n) is 15.9. The third-order valence-corrected chi connectivity index (χ3v) is 7.38. The molecule has 1 heterocycles. The highest BCUT2D eigenvalue weighted by Gasteiger charge is 2.28. The van der Waals surface area contributed by atoms with Crippen molar-refractivity contribution >= 4 is 38.6 Å². The van der Waals surface area contributed by atoms with E-state index >= 15 is 0 Å². The number of carbonyl (C=O) groups excluding carboxylic acids is 1. The molecule has 0 fully saturated rings. The van der Waals surface area contributed by atoms with Crippen molar-refractivity contribution in [1.82, 2.24) is 0 Å². The molecule has 1 N–H and O–H groups in total. The maximum absolute atomic E-state index is 13.4. The Balaban J connectivity index is 1.92. The van der Waals surface area contributed by atoms with Crippen LogP contribution >= 0.6 is 11.3 Å². The molecule has 1 amide bonds. The zero-order chi connectivity index (χ0) is 21.3. The van der Waals surface area contributed by atoms with E-state index in [-0.39, 0.29) is 15.5 Å². The van der Waals surface area contributed by atoms with Gasteiger partial charge in [0, 0.05) is 18.8 Å². The molecule has 0 atom stereocenters. The molecule has 5 nitrogen and oxygen atoms in total. The summed E-state index contributed by atoms with van der Waals surface area (Å²) in [5.41, 5.74) is 2.45. The number of nitrogens with one attached hydrogen (secondary N) is 1. The standard InChI is InChI=1S/C20H18F2N2O3S2/c1-12-4-6-15(10-13(12)2)24(3)29(26,27)18-8-9-28-19(18)20(25)23-14-5-7-16(21)17(22)11-14/h4-11H,1-3H3,(H,23,25). The topological polar surface area (TPSA) is 66.5 Å². The number of hydrogen-bond donors (Lipinski definition) is 1. The summed E-state index contributed by atoms with van der Waals surface area (Å²) >= 11 is 0.944. The summed E-state index contributed by atoms with van der Waals surface area (Å²) in [4.78, 5) is 12.4. The van der Waals surface area contributed by atoms with Crippen molar-refractivity contribution in [1.29, 1.82) is 0 Å². The first-order chi connectivity index (χ1) is 13.6. The second-order valence-corrected chi connectivity index (χ2v) is 9.29. The molecule has 0 bridgehead atoms. The Morgan fingerprint density at radius 1 is 1.00 bits per heavy atom. The van der Waals surface area contributed by atoms with Gasteiger partial charge in [-0.05, 0) is 60.7 Å². The van der Waals surface area contributed by atoms with E-state index in [0.717, 1.165) is 38.9 Å². The van der Waals surface area contributed by atoms with Crippen LogP contribution in [0.4, 0.5) is 20.2 Å². The van der Waals surface area contributed by atoms with E-state index in [9.17, 15) is 22.0 Å². The summed E-state index contributed by atoms with van der Waals surface area (Å²) in [6.45, 7) is 3.80. The first kappa shape index (κ1) is 20.9. The molecule has 0 radical (unpaired) electrons. The van der Waals surface area contributed by atoms with E-state index in [1.54, 1.807) is 12.1 Å². The molecule has 0 aliphatic carbocycles. The first-order valence-electron chi connectivity index (χ1n) is 8.51. The van der Waals surface area contributed by atoms with Crippen LogP contribution in [0.1, 0.15) is 20.8 Å². The third kappa shape index (κ3) is 4.15. The molecule has 0 aliphatic heterocycles. The zero-order valence-corrected chi connectivity index (χ0v) is 17.5. The number of rotatable bonds is 5. The Bertz CT molecular complexity index is 1190. The van der Waals surface area contributed by atoms with Crippen LogP contribution in [-0.2, 0) is 10.0 Å². The van der Waals surface area contributed by atoms with Gasteiger partial charge in [-0.25, -0.2) is 17.2 Å². The Labute approximate surface area is 171 Å². The van der Waals surface area contributed by atoms with Crippen LogP contribution in [0.3, 0.4) is 0 Å². The highest BCUT2D eigenvalue weighted by molar-refractivity contribution is 7.93. The fourth-order valence-electron chi connectivity index (χ4n) is 2.64.